The Hall–Kier alpha value is -0.860. The van der Waals surface area contributed by atoms with Gasteiger partial charge in [-0.05, 0) is 25.7 Å². The summed E-state index contributed by atoms with van der Waals surface area (Å²) in [6.45, 7) is 2.23. The van der Waals surface area contributed by atoms with Gasteiger partial charge < -0.3 is 4.74 Å². The number of carbonyl (C=O) groups excluding carboxylic acids is 2. The molecule has 0 bridgehead atoms. The Kier molecular flexibility index (Phi) is 3.93. The third-order valence-corrected chi connectivity index (χ3v) is 2.35. The van der Waals surface area contributed by atoms with E-state index in [-0.39, 0.29) is 11.9 Å². The van der Waals surface area contributed by atoms with Crippen molar-refractivity contribution in [1.29, 1.82) is 0 Å². The van der Waals surface area contributed by atoms with Crippen LogP contribution in [-0.2, 0) is 14.3 Å². The van der Waals surface area contributed by atoms with E-state index < -0.39 is 0 Å². The number of esters is 1. The largest absolute Gasteiger partial charge is 0.466 e. The van der Waals surface area contributed by atoms with Gasteiger partial charge in [0, 0.05) is 19.3 Å². The van der Waals surface area contributed by atoms with Gasteiger partial charge in [-0.2, -0.15) is 0 Å². The molecule has 0 heterocycles. The number of hydrogen-bond donors (Lipinski definition) is 0. The molecule has 0 unspecified atom stereocenters. The number of carbonyl (C=O) groups is 2. The SMILES string of the molecule is CCOC(=O)C[C@H]1CCCC(=O)C1. The van der Waals surface area contributed by atoms with Crippen LogP contribution in [0.3, 0.4) is 0 Å². The first-order valence-electron chi connectivity index (χ1n) is 4.89. The highest BCUT2D eigenvalue weighted by molar-refractivity contribution is 5.80. The quantitative estimate of drug-likeness (QED) is 0.627. The molecular formula is C10H16O3. The smallest absolute Gasteiger partial charge is 0.306 e. The highest BCUT2D eigenvalue weighted by Gasteiger charge is 2.22. The summed E-state index contributed by atoms with van der Waals surface area (Å²) in [6, 6.07) is 0. The first-order chi connectivity index (χ1) is 6.22. The van der Waals surface area contributed by atoms with Crippen LogP contribution >= 0.6 is 0 Å². The summed E-state index contributed by atoms with van der Waals surface area (Å²) < 4.78 is 4.83. The molecule has 1 fully saturated rings. The average molecular weight is 184 g/mol. The highest BCUT2D eigenvalue weighted by Crippen LogP contribution is 2.24. The first-order valence-corrected chi connectivity index (χ1v) is 4.89. The summed E-state index contributed by atoms with van der Waals surface area (Å²) in [5.41, 5.74) is 0. The second-order valence-electron chi connectivity index (χ2n) is 3.51. The molecule has 0 aromatic heterocycles. The van der Waals surface area contributed by atoms with Gasteiger partial charge in [0.25, 0.3) is 0 Å². The molecule has 1 aliphatic rings. The summed E-state index contributed by atoms with van der Waals surface area (Å²) in [4.78, 5) is 22.1. The molecule has 1 rings (SSSR count). The maximum absolute atomic E-state index is 11.1. The normalized spacial score (nSPS) is 22.8. The second kappa shape index (κ2) is 5.00. The minimum Gasteiger partial charge on any atom is -0.466 e. The van der Waals surface area contributed by atoms with Crippen LogP contribution in [0.1, 0.15) is 39.0 Å². The van der Waals surface area contributed by atoms with Crippen LogP contribution in [0.4, 0.5) is 0 Å². The number of Topliss-reactive ketones (excluding diaryl/α,β-unsaturated/α-hetero) is 1. The molecule has 0 aliphatic heterocycles. The van der Waals surface area contributed by atoms with Crippen LogP contribution in [0, 0.1) is 5.92 Å². The lowest BCUT2D eigenvalue weighted by atomic mass is 9.86. The van der Waals surface area contributed by atoms with Crippen LogP contribution < -0.4 is 0 Å². The predicted molar refractivity (Wildman–Crippen MR) is 48.2 cm³/mol. The number of hydrogen-bond acceptors (Lipinski definition) is 3. The molecule has 1 atom stereocenters. The molecule has 74 valence electrons. The standard InChI is InChI=1S/C10H16O3/c1-2-13-10(12)7-8-4-3-5-9(11)6-8/h8H,2-7H2,1H3/t8-/m0/s1. The molecule has 0 spiro atoms. The van der Waals surface area contributed by atoms with Crippen LogP contribution in [0.2, 0.25) is 0 Å². The fraction of sp³-hybridized carbons (Fsp3) is 0.800. The predicted octanol–water partition coefficient (Wildman–Crippen LogP) is 1.70. The van der Waals surface area contributed by atoms with E-state index in [9.17, 15) is 9.59 Å². The van der Waals surface area contributed by atoms with Gasteiger partial charge in [0.05, 0.1) is 6.61 Å². The van der Waals surface area contributed by atoms with Crippen molar-refractivity contribution in [2.75, 3.05) is 6.61 Å². The lowest BCUT2D eigenvalue weighted by Gasteiger charge is -2.19. The molecule has 0 amide bonds. The Labute approximate surface area is 78.5 Å². The first kappa shape index (κ1) is 10.2. The zero-order valence-electron chi connectivity index (χ0n) is 8.04. The maximum atomic E-state index is 11.1. The van der Waals surface area contributed by atoms with Gasteiger partial charge in [-0.1, -0.05) is 0 Å². The molecule has 0 aromatic carbocycles. The number of rotatable bonds is 3. The molecule has 13 heavy (non-hydrogen) atoms. The van der Waals surface area contributed by atoms with E-state index in [4.69, 9.17) is 4.74 Å². The summed E-state index contributed by atoms with van der Waals surface area (Å²) in [7, 11) is 0. The van der Waals surface area contributed by atoms with Crippen molar-refractivity contribution in [3.8, 4) is 0 Å². The van der Waals surface area contributed by atoms with Crippen LogP contribution in [-0.4, -0.2) is 18.4 Å². The van der Waals surface area contributed by atoms with Gasteiger partial charge in [0.1, 0.15) is 5.78 Å². The molecule has 0 N–H and O–H groups in total. The third-order valence-electron chi connectivity index (χ3n) is 2.35. The van der Waals surface area contributed by atoms with Crippen molar-refractivity contribution in [1.82, 2.24) is 0 Å². The molecular weight excluding hydrogens is 168 g/mol. The topological polar surface area (TPSA) is 43.4 Å². The lowest BCUT2D eigenvalue weighted by molar-refractivity contribution is -0.144. The second-order valence-corrected chi connectivity index (χ2v) is 3.51. The van der Waals surface area contributed by atoms with Crippen molar-refractivity contribution in [2.45, 2.75) is 39.0 Å². The maximum Gasteiger partial charge on any atom is 0.306 e. The van der Waals surface area contributed by atoms with Gasteiger partial charge in [-0.15, -0.1) is 0 Å². The van der Waals surface area contributed by atoms with Crippen molar-refractivity contribution in [2.24, 2.45) is 5.92 Å². The highest BCUT2D eigenvalue weighted by atomic mass is 16.5. The van der Waals surface area contributed by atoms with E-state index >= 15 is 0 Å². The Bertz CT molecular complexity index is 198. The molecule has 3 nitrogen and oxygen atoms in total. The van der Waals surface area contributed by atoms with Crippen molar-refractivity contribution >= 4 is 11.8 Å². The minimum atomic E-state index is -0.165. The van der Waals surface area contributed by atoms with E-state index in [0.717, 1.165) is 12.8 Å². The van der Waals surface area contributed by atoms with E-state index in [0.29, 0.717) is 31.7 Å². The molecule has 1 saturated carbocycles. The summed E-state index contributed by atoms with van der Waals surface area (Å²) in [6.07, 6.45) is 3.60. The number of ketones is 1. The van der Waals surface area contributed by atoms with Crippen molar-refractivity contribution in [3.05, 3.63) is 0 Å². The molecule has 1 aliphatic carbocycles. The third kappa shape index (κ3) is 3.57. The Morgan fingerprint density at radius 1 is 1.62 bits per heavy atom. The van der Waals surface area contributed by atoms with Gasteiger partial charge in [0.15, 0.2) is 0 Å². The lowest BCUT2D eigenvalue weighted by Crippen LogP contribution is -2.19. The summed E-state index contributed by atoms with van der Waals surface area (Å²) in [5, 5.41) is 0. The van der Waals surface area contributed by atoms with E-state index in [1.165, 1.54) is 0 Å². The Balaban J connectivity index is 2.27. The van der Waals surface area contributed by atoms with Crippen LogP contribution in [0.25, 0.3) is 0 Å². The summed E-state index contributed by atoms with van der Waals surface area (Å²) >= 11 is 0. The zero-order chi connectivity index (χ0) is 9.68. The number of ether oxygens (including phenoxy) is 1. The fourth-order valence-corrected chi connectivity index (χ4v) is 1.74. The van der Waals surface area contributed by atoms with Crippen molar-refractivity contribution < 1.29 is 14.3 Å². The van der Waals surface area contributed by atoms with E-state index in [1.54, 1.807) is 6.92 Å². The van der Waals surface area contributed by atoms with Gasteiger partial charge in [0.2, 0.25) is 0 Å². The monoisotopic (exact) mass is 184 g/mol. The molecule has 0 saturated heterocycles. The zero-order valence-corrected chi connectivity index (χ0v) is 8.04. The van der Waals surface area contributed by atoms with Gasteiger partial charge >= 0.3 is 5.97 Å². The Morgan fingerprint density at radius 3 is 3.00 bits per heavy atom. The van der Waals surface area contributed by atoms with Gasteiger partial charge in [-0.3, -0.25) is 9.59 Å². The minimum absolute atomic E-state index is 0.165. The molecule has 3 heteroatoms. The van der Waals surface area contributed by atoms with E-state index in [1.807, 2.05) is 0 Å². The fourth-order valence-electron chi connectivity index (χ4n) is 1.74. The van der Waals surface area contributed by atoms with Crippen molar-refractivity contribution in [3.63, 3.8) is 0 Å². The van der Waals surface area contributed by atoms with E-state index in [2.05, 4.69) is 0 Å². The Morgan fingerprint density at radius 2 is 2.38 bits per heavy atom. The average Bonchev–Trinajstić information content (AvgIpc) is 2.04. The van der Waals surface area contributed by atoms with Gasteiger partial charge in [-0.25, -0.2) is 0 Å². The summed E-state index contributed by atoms with van der Waals surface area (Å²) in [5.74, 6) is 0.364. The molecule has 0 radical (unpaired) electrons. The molecule has 0 aromatic rings. The van der Waals surface area contributed by atoms with Crippen LogP contribution in [0.15, 0.2) is 0 Å². The van der Waals surface area contributed by atoms with Crippen LogP contribution in [0.5, 0.6) is 0 Å².